The van der Waals surface area contributed by atoms with Crippen molar-refractivity contribution in [2.45, 2.75) is 13.0 Å². The molecule has 2 rings (SSSR count). The summed E-state index contributed by atoms with van der Waals surface area (Å²) in [6.07, 6.45) is 9.09. The first-order valence-electron chi connectivity index (χ1n) is 6.94. The molecule has 0 aliphatic carbocycles. The lowest BCUT2D eigenvalue weighted by molar-refractivity contribution is -0.116. The van der Waals surface area contributed by atoms with Crippen LogP contribution in [0.1, 0.15) is 12.0 Å². The number of carbonyl (C=O) groups excluding carboxylic acids is 1. The highest BCUT2D eigenvalue weighted by molar-refractivity contribution is 5.91. The van der Waals surface area contributed by atoms with E-state index in [9.17, 15) is 9.18 Å². The number of rotatable bonds is 7. The van der Waals surface area contributed by atoms with Crippen molar-refractivity contribution in [3.8, 4) is 5.75 Å². The Hall–Kier alpha value is -2.63. The third-order valence-electron chi connectivity index (χ3n) is 3.05. The summed E-state index contributed by atoms with van der Waals surface area (Å²) in [5.41, 5.74) is 0.604. The van der Waals surface area contributed by atoms with Crippen LogP contribution in [0, 0.1) is 5.82 Å². The molecule has 0 aliphatic heterocycles. The Labute approximate surface area is 128 Å². The van der Waals surface area contributed by atoms with Gasteiger partial charge in [-0.1, -0.05) is 6.07 Å². The van der Waals surface area contributed by atoms with Crippen molar-refractivity contribution in [1.29, 1.82) is 0 Å². The number of carbonyl (C=O) groups is 1. The molecule has 1 heterocycles. The van der Waals surface area contributed by atoms with Gasteiger partial charge in [0.2, 0.25) is 5.91 Å². The minimum Gasteiger partial charge on any atom is -0.494 e. The maximum Gasteiger partial charge on any atom is 0.244 e. The molecule has 0 unspecified atom stereocenters. The Bertz CT molecular complexity index is 639. The molecule has 1 N–H and O–H groups in total. The van der Waals surface area contributed by atoms with Gasteiger partial charge < -0.3 is 14.6 Å². The number of nitrogens with zero attached hydrogens (tertiary/aromatic N) is 2. The number of aromatic nitrogens is 2. The van der Waals surface area contributed by atoms with Crippen LogP contribution < -0.4 is 10.1 Å². The van der Waals surface area contributed by atoms with E-state index in [1.54, 1.807) is 24.7 Å². The molecule has 5 nitrogen and oxygen atoms in total. The number of hydrogen-bond acceptors (Lipinski definition) is 3. The van der Waals surface area contributed by atoms with Gasteiger partial charge in [-0.05, 0) is 30.2 Å². The molecule has 22 heavy (non-hydrogen) atoms. The van der Waals surface area contributed by atoms with Crippen LogP contribution in [0.3, 0.4) is 0 Å². The van der Waals surface area contributed by atoms with E-state index in [2.05, 4.69) is 10.3 Å². The van der Waals surface area contributed by atoms with Gasteiger partial charge in [0, 0.05) is 31.6 Å². The van der Waals surface area contributed by atoms with E-state index in [4.69, 9.17) is 4.74 Å². The van der Waals surface area contributed by atoms with Gasteiger partial charge in [0.1, 0.15) is 0 Å². The second-order valence-electron chi connectivity index (χ2n) is 4.67. The third kappa shape index (κ3) is 4.73. The quantitative estimate of drug-likeness (QED) is 0.630. The molecule has 0 atom stereocenters. The molecule has 0 aliphatic rings. The predicted molar refractivity (Wildman–Crippen MR) is 81.8 cm³/mol. The maximum atomic E-state index is 13.5. The molecule has 2 aromatic rings. The second-order valence-corrected chi connectivity index (χ2v) is 4.67. The predicted octanol–water partition coefficient (Wildman–Crippen LogP) is 2.25. The van der Waals surface area contributed by atoms with Crippen LogP contribution in [-0.2, 0) is 11.3 Å². The first-order valence-corrected chi connectivity index (χ1v) is 6.94. The van der Waals surface area contributed by atoms with E-state index in [0.29, 0.717) is 12.1 Å². The monoisotopic (exact) mass is 303 g/mol. The Kier molecular flexibility index (Phi) is 5.71. The Morgan fingerprint density at radius 1 is 1.50 bits per heavy atom. The molecular formula is C16H18FN3O2. The number of aryl methyl sites for hydroxylation is 1. The Balaban J connectivity index is 1.75. The minimum absolute atomic E-state index is 0.182. The molecule has 6 heteroatoms. The van der Waals surface area contributed by atoms with Crippen molar-refractivity contribution in [1.82, 2.24) is 14.9 Å². The van der Waals surface area contributed by atoms with Crippen molar-refractivity contribution < 1.29 is 13.9 Å². The summed E-state index contributed by atoms with van der Waals surface area (Å²) in [6.45, 7) is 1.37. The van der Waals surface area contributed by atoms with Gasteiger partial charge in [-0.25, -0.2) is 9.37 Å². The second kappa shape index (κ2) is 7.97. The number of ether oxygens (including phenoxy) is 1. The molecule has 1 aromatic heterocycles. The van der Waals surface area contributed by atoms with Crippen LogP contribution >= 0.6 is 0 Å². The summed E-state index contributed by atoms with van der Waals surface area (Å²) in [4.78, 5) is 15.6. The lowest BCUT2D eigenvalue weighted by Gasteiger charge is -2.04. The van der Waals surface area contributed by atoms with Crippen molar-refractivity contribution >= 4 is 12.0 Å². The topological polar surface area (TPSA) is 56.1 Å². The number of hydrogen-bond donors (Lipinski definition) is 1. The van der Waals surface area contributed by atoms with Gasteiger partial charge >= 0.3 is 0 Å². The molecule has 0 saturated heterocycles. The van der Waals surface area contributed by atoms with Crippen LogP contribution in [0.5, 0.6) is 5.75 Å². The van der Waals surface area contributed by atoms with Gasteiger partial charge in [-0.2, -0.15) is 0 Å². The minimum atomic E-state index is -0.453. The molecule has 0 fully saturated rings. The smallest absolute Gasteiger partial charge is 0.244 e. The Morgan fingerprint density at radius 3 is 3.05 bits per heavy atom. The molecule has 0 radical (unpaired) electrons. The molecule has 0 bridgehead atoms. The Morgan fingerprint density at radius 2 is 2.36 bits per heavy atom. The number of nitrogens with one attached hydrogen (secondary N) is 1. The van der Waals surface area contributed by atoms with Crippen LogP contribution in [0.25, 0.3) is 6.08 Å². The highest BCUT2D eigenvalue weighted by Crippen LogP contribution is 2.18. The maximum absolute atomic E-state index is 13.5. The first-order chi connectivity index (χ1) is 10.7. The standard InChI is InChI=1S/C16H18FN3O2/c1-22-15-5-3-13(11-14(15)17)4-6-16(21)19-7-2-9-20-10-8-18-12-20/h3-6,8,10-12H,2,7,9H2,1H3,(H,19,21). The van der Waals surface area contributed by atoms with Crippen molar-refractivity contribution in [3.05, 3.63) is 54.4 Å². The summed E-state index contributed by atoms with van der Waals surface area (Å²) >= 11 is 0. The zero-order valence-electron chi connectivity index (χ0n) is 12.3. The van der Waals surface area contributed by atoms with Crippen LogP contribution in [-0.4, -0.2) is 29.1 Å². The van der Waals surface area contributed by atoms with Crippen LogP contribution in [0.2, 0.25) is 0 Å². The largest absolute Gasteiger partial charge is 0.494 e. The normalized spacial score (nSPS) is 10.8. The van der Waals surface area contributed by atoms with Crippen LogP contribution in [0.15, 0.2) is 43.0 Å². The average Bonchev–Trinajstić information content (AvgIpc) is 3.03. The van der Waals surface area contributed by atoms with E-state index >= 15 is 0 Å². The highest BCUT2D eigenvalue weighted by Gasteiger charge is 2.02. The van der Waals surface area contributed by atoms with Gasteiger partial charge in [-0.15, -0.1) is 0 Å². The van der Waals surface area contributed by atoms with Crippen molar-refractivity contribution in [2.75, 3.05) is 13.7 Å². The van der Waals surface area contributed by atoms with Gasteiger partial charge in [-0.3, -0.25) is 4.79 Å². The number of halogens is 1. The molecular weight excluding hydrogens is 285 g/mol. The van der Waals surface area contributed by atoms with Gasteiger partial charge in [0.25, 0.3) is 0 Å². The summed E-state index contributed by atoms with van der Waals surface area (Å²) in [6, 6.07) is 4.53. The van der Waals surface area contributed by atoms with Gasteiger partial charge in [0.15, 0.2) is 11.6 Å². The lowest BCUT2D eigenvalue weighted by atomic mass is 10.2. The summed E-state index contributed by atoms with van der Waals surface area (Å²) in [5, 5.41) is 2.77. The summed E-state index contributed by atoms with van der Waals surface area (Å²) < 4.78 is 20.3. The molecule has 1 aromatic carbocycles. The fourth-order valence-electron chi connectivity index (χ4n) is 1.91. The van der Waals surface area contributed by atoms with Crippen molar-refractivity contribution in [2.24, 2.45) is 0 Å². The molecule has 0 spiro atoms. The summed E-state index contributed by atoms with van der Waals surface area (Å²) in [7, 11) is 1.41. The van der Waals surface area contributed by atoms with E-state index in [-0.39, 0.29) is 11.7 Å². The fourth-order valence-corrected chi connectivity index (χ4v) is 1.91. The van der Waals surface area contributed by atoms with E-state index in [0.717, 1.165) is 13.0 Å². The highest BCUT2D eigenvalue weighted by atomic mass is 19.1. The zero-order valence-corrected chi connectivity index (χ0v) is 12.3. The van der Waals surface area contributed by atoms with E-state index in [1.165, 1.54) is 25.3 Å². The fraction of sp³-hybridized carbons (Fsp3) is 0.250. The summed E-state index contributed by atoms with van der Waals surface area (Å²) in [5.74, 6) is -0.478. The number of imidazole rings is 1. The molecule has 1 amide bonds. The first kappa shape index (κ1) is 15.8. The van der Waals surface area contributed by atoms with Gasteiger partial charge in [0.05, 0.1) is 13.4 Å². The van der Waals surface area contributed by atoms with E-state index < -0.39 is 5.82 Å². The van der Waals surface area contributed by atoms with Crippen LogP contribution in [0.4, 0.5) is 4.39 Å². The average molecular weight is 303 g/mol. The number of amides is 1. The third-order valence-corrected chi connectivity index (χ3v) is 3.05. The number of methoxy groups -OCH3 is 1. The molecule has 0 saturated carbocycles. The van der Waals surface area contributed by atoms with Crippen molar-refractivity contribution in [3.63, 3.8) is 0 Å². The zero-order chi connectivity index (χ0) is 15.8. The lowest BCUT2D eigenvalue weighted by Crippen LogP contribution is -2.22. The molecule has 116 valence electrons. The SMILES string of the molecule is COc1ccc(C=CC(=O)NCCCn2ccnc2)cc1F. The van der Waals surface area contributed by atoms with E-state index in [1.807, 2.05) is 10.8 Å². The number of benzene rings is 1.